The normalized spacial score (nSPS) is 26.9. The van der Waals surface area contributed by atoms with Crippen LogP contribution in [0.15, 0.2) is 42.5 Å². The van der Waals surface area contributed by atoms with Gasteiger partial charge < -0.3 is 20.1 Å². The van der Waals surface area contributed by atoms with E-state index < -0.39 is 11.5 Å². The Bertz CT molecular complexity index is 1020. The quantitative estimate of drug-likeness (QED) is 0.815. The van der Waals surface area contributed by atoms with Crippen molar-refractivity contribution in [3.63, 3.8) is 0 Å². The summed E-state index contributed by atoms with van der Waals surface area (Å²) in [6.07, 6.45) is 2.70. The summed E-state index contributed by atoms with van der Waals surface area (Å²) in [5, 5.41) is 6.05. The van der Waals surface area contributed by atoms with Crippen LogP contribution in [0.1, 0.15) is 24.8 Å². The van der Waals surface area contributed by atoms with E-state index in [0.29, 0.717) is 23.6 Å². The van der Waals surface area contributed by atoms with Gasteiger partial charge in [-0.05, 0) is 44.0 Å². The van der Waals surface area contributed by atoms with E-state index in [-0.39, 0.29) is 17.9 Å². The lowest BCUT2D eigenvalue weighted by Crippen LogP contribution is -2.53. The second kappa shape index (κ2) is 7.02. The van der Waals surface area contributed by atoms with Gasteiger partial charge >= 0.3 is 0 Å². The van der Waals surface area contributed by atoms with Crippen LogP contribution >= 0.6 is 0 Å². The van der Waals surface area contributed by atoms with Crippen LogP contribution in [0.2, 0.25) is 0 Å². The van der Waals surface area contributed by atoms with E-state index in [1.165, 1.54) is 0 Å². The molecular weight excluding hydrogens is 382 g/mol. The van der Waals surface area contributed by atoms with Crippen molar-refractivity contribution in [2.75, 3.05) is 31.4 Å². The topological polar surface area (TPSA) is 79.9 Å². The van der Waals surface area contributed by atoms with E-state index in [0.717, 1.165) is 30.6 Å². The van der Waals surface area contributed by atoms with E-state index in [4.69, 9.17) is 9.47 Å². The molecule has 0 bridgehead atoms. The average Bonchev–Trinajstić information content (AvgIpc) is 3.42. The SMILES string of the molecule is COc1ccc(OC)c(NC(=O)[C@@H]2C[C@H]3CCCN3[C@@]23C(=O)Nc2ccccc23)c1. The Labute approximate surface area is 175 Å². The van der Waals surface area contributed by atoms with E-state index in [1.54, 1.807) is 32.4 Å². The van der Waals surface area contributed by atoms with Crippen molar-refractivity contribution >= 4 is 23.2 Å². The Morgan fingerprint density at radius 1 is 1.20 bits per heavy atom. The van der Waals surface area contributed by atoms with Crippen molar-refractivity contribution in [2.24, 2.45) is 5.92 Å². The molecule has 7 heteroatoms. The molecule has 3 heterocycles. The van der Waals surface area contributed by atoms with Crippen LogP contribution < -0.4 is 20.1 Å². The predicted molar refractivity (Wildman–Crippen MR) is 113 cm³/mol. The fraction of sp³-hybridized carbons (Fsp3) is 0.391. The minimum atomic E-state index is -0.964. The third kappa shape index (κ3) is 2.55. The second-order valence-electron chi connectivity index (χ2n) is 8.10. The molecule has 2 N–H and O–H groups in total. The molecule has 30 heavy (non-hydrogen) atoms. The lowest BCUT2D eigenvalue weighted by Gasteiger charge is -2.36. The summed E-state index contributed by atoms with van der Waals surface area (Å²) in [5.74, 6) is 0.390. The summed E-state index contributed by atoms with van der Waals surface area (Å²) in [4.78, 5) is 29.3. The zero-order chi connectivity index (χ0) is 20.9. The van der Waals surface area contributed by atoms with Gasteiger partial charge in [-0.1, -0.05) is 18.2 Å². The molecule has 0 saturated carbocycles. The number of methoxy groups -OCH3 is 2. The Balaban J connectivity index is 1.56. The number of ether oxygens (including phenoxy) is 2. The Hall–Kier alpha value is -3.06. The molecular formula is C23H25N3O4. The Morgan fingerprint density at radius 3 is 2.83 bits per heavy atom. The van der Waals surface area contributed by atoms with Crippen molar-refractivity contribution in [1.82, 2.24) is 4.90 Å². The van der Waals surface area contributed by atoms with Crippen LogP contribution in [0, 0.1) is 5.92 Å². The summed E-state index contributed by atoms with van der Waals surface area (Å²) in [7, 11) is 3.14. The van der Waals surface area contributed by atoms with Crippen LogP contribution in [0.4, 0.5) is 11.4 Å². The molecule has 0 radical (unpaired) electrons. The maximum atomic E-state index is 13.6. The van der Waals surface area contributed by atoms with Crippen molar-refractivity contribution < 1.29 is 19.1 Å². The number of fused-ring (bicyclic) bond motifs is 4. The number of nitrogens with one attached hydrogen (secondary N) is 2. The number of nitrogens with zero attached hydrogens (tertiary/aromatic N) is 1. The molecule has 2 fully saturated rings. The largest absolute Gasteiger partial charge is 0.497 e. The summed E-state index contributed by atoms with van der Waals surface area (Å²) in [5.41, 5.74) is 1.27. The van der Waals surface area contributed by atoms with Crippen LogP contribution in [0.3, 0.4) is 0 Å². The summed E-state index contributed by atoms with van der Waals surface area (Å²) < 4.78 is 10.7. The standard InChI is InChI=1S/C23H25N3O4/c1-29-15-9-10-20(30-2)19(13-15)24-21(27)17-12-14-6-5-11-26(14)23(17)16-7-3-4-8-18(16)25-22(23)28/h3-4,7-10,13-14,17H,5-6,11-12H2,1-2H3,(H,24,27)(H,25,28)/t14-,17+,23-/m1/s1. The van der Waals surface area contributed by atoms with Gasteiger partial charge in [-0.15, -0.1) is 0 Å². The van der Waals surface area contributed by atoms with Crippen LogP contribution in [-0.2, 0) is 15.1 Å². The number of hydrogen-bond donors (Lipinski definition) is 2. The monoisotopic (exact) mass is 407 g/mol. The summed E-state index contributed by atoms with van der Waals surface area (Å²) in [6, 6.07) is 13.2. The average molecular weight is 407 g/mol. The first-order valence-electron chi connectivity index (χ1n) is 10.3. The number of para-hydroxylation sites is 1. The molecule has 2 saturated heterocycles. The smallest absolute Gasteiger partial charge is 0.250 e. The molecule has 1 spiro atoms. The van der Waals surface area contributed by atoms with Gasteiger partial charge in [0.15, 0.2) is 0 Å². The number of carbonyl (C=O) groups is 2. The Kier molecular flexibility index (Phi) is 4.43. The number of anilines is 2. The lowest BCUT2D eigenvalue weighted by atomic mass is 9.78. The maximum absolute atomic E-state index is 13.6. The van der Waals surface area contributed by atoms with E-state index in [2.05, 4.69) is 15.5 Å². The molecule has 3 aliphatic heterocycles. The third-order valence-electron chi connectivity index (χ3n) is 6.76. The lowest BCUT2D eigenvalue weighted by molar-refractivity contribution is -0.135. The molecule has 3 atom stereocenters. The predicted octanol–water partition coefficient (Wildman–Crippen LogP) is 2.97. The second-order valence-corrected chi connectivity index (χ2v) is 8.10. The van der Waals surface area contributed by atoms with Crippen LogP contribution in [-0.4, -0.2) is 43.5 Å². The minimum Gasteiger partial charge on any atom is -0.497 e. The van der Waals surface area contributed by atoms with Crippen molar-refractivity contribution in [3.8, 4) is 11.5 Å². The molecule has 156 valence electrons. The number of carbonyl (C=O) groups excluding carboxylic acids is 2. The van der Waals surface area contributed by atoms with Crippen LogP contribution in [0.25, 0.3) is 0 Å². The molecule has 5 rings (SSSR count). The van der Waals surface area contributed by atoms with Gasteiger partial charge in [-0.3, -0.25) is 14.5 Å². The zero-order valence-electron chi connectivity index (χ0n) is 17.1. The fourth-order valence-corrected chi connectivity index (χ4v) is 5.51. The molecule has 2 aromatic rings. The number of hydrogen-bond acceptors (Lipinski definition) is 5. The molecule has 2 aromatic carbocycles. The number of amides is 2. The first-order valence-corrected chi connectivity index (χ1v) is 10.3. The van der Waals surface area contributed by atoms with E-state index in [1.807, 2.05) is 24.3 Å². The fourth-order valence-electron chi connectivity index (χ4n) is 5.51. The van der Waals surface area contributed by atoms with Gasteiger partial charge in [0.1, 0.15) is 17.0 Å². The van der Waals surface area contributed by atoms with E-state index >= 15 is 0 Å². The molecule has 2 amide bonds. The third-order valence-corrected chi connectivity index (χ3v) is 6.76. The zero-order valence-corrected chi connectivity index (χ0v) is 17.1. The molecule has 3 aliphatic rings. The first kappa shape index (κ1) is 18.9. The number of benzene rings is 2. The summed E-state index contributed by atoms with van der Waals surface area (Å²) >= 11 is 0. The molecule has 0 aromatic heterocycles. The highest BCUT2D eigenvalue weighted by Gasteiger charge is 2.65. The maximum Gasteiger partial charge on any atom is 0.250 e. The van der Waals surface area contributed by atoms with Crippen molar-refractivity contribution in [3.05, 3.63) is 48.0 Å². The van der Waals surface area contributed by atoms with E-state index in [9.17, 15) is 9.59 Å². The van der Waals surface area contributed by atoms with Gasteiger partial charge in [0.25, 0.3) is 0 Å². The highest BCUT2D eigenvalue weighted by molar-refractivity contribution is 6.10. The van der Waals surface area contributed by atoms with Crippen molar-refractivity contribution in [1.29, 1.82) is 0 Å². The van der Waals surface area contributed by atoms with Gasteiger partial charge in [0, 0.05) is 23.4 Å². The Morgan fingerprint density at radius 2 is 2.03 bits per heavy atom. The first-order chi connectivity index (χ1) is 14.6. The van der Waals surface area contributed by atoms with Gasteiger partial charge in [-0.2, -0.15) is 0 Å². The van der Waals surface area contributed by atoms with Gasteiger partial charge in [0.2, 0.25) is 11.8 Å². The molecule has 0 aliphatic carbocycles. The van der Waals surface area contributed by atoms with Crippen LogP contribution in [0.5, 0.6) is 11.5 Å². The highest BCUT2D eigenvalue weighted by Crippen LogP contribution is 2.55. The molecule has 0 unspecified atom stereocenters. The van der Waals surface area contributed by atoms with Gasteiger partial charge in [-0.25, -0.2) is 0 Å². The van der Waals surface area contributed by atoms with Gasteiger partial charge in [0.05, 0.1) is 25.8 Å². The minimum absolute atomic E-state index is 0.106. The molecule has 7 nitrogen and oxygen atoms in total. The highest BCUT2D eigenvalue weighted by atomic mass is 16.5. The van der Waals surface area contributed by atoms with Crippen molar-refractivity contribution in [2.45, 2.75) is 30.8 Å². The number of rotatable bonds is 4. The summed E-state index contributed by atoms with van der Waals surface area (Å²) in [6.45, 7) is 0.818.